The zero-order chi connectivity index (χ0) is 13.7. The summed E-state index contributed by atoms with van der Waals surface area (Å²) in [6.45, 7) is 2.22. The van der Waals surface area contributed by atoms with Gasteiger partial charge in [-0.2, -0.15) is 0 Å². The Morgan fingerprint density at radius 2 is 2.11 bits per heavy atom. The average Bonchev–Trinajstić information content (AvgIpc) is 3.24. The van der Waals surface area contributed by atoms with Gasteiger partial charge in [-0.15, -0.1) is 0 Å². The van der Waals surface area contributed by atoms with Gasteiger partial charge in [0.05, 0.1) is 6.10 Å². The molecule has 2 rings (SSSR count). The molecule has 1 aliphatic rings. The van der Waals surface area contributed by atoms with Gasteiger partial charge in [0.25, 0.3) is 5.91 Å². The molecule has 2 N–H and O–H groups in total. The highest BCUT2D eigenvalue weighted by atomic mass is 16.5. The monoisotopic (exact) mass is 263 g/mol. The van der Waals surface area contributed by atoms with Gasteiger partial charge in [0.1, 0.15) is 5.75 Å². The van der Waals surface area contributed by atoms with Crippen molar-refractivity contribution in [3.05, 3.63) is 30.3 Å². The summed E-state index contributed by atoms with van der Waals surface area (Å²) in [4.78, 5) is 11.8. The molecule has 1 amide bonds. The number of carbonyl (C=O) groups excluding carboxylic acids is 1. The zero-order valence-electron chi connectivity index (χ0n) is 11.2. The molecule has 0 radical (unpaired) electrons. The minimum atomic E-state index is -0.527. The van der Waals surface area contributed by atoms with E-state index in [1.54, 1.807) is 6.92 Å². The summed E-state index contributed by atoms with van der Waals surface area (Å²) < 4.78 is 5.52. The first-order valence-corrected chi connectivity index (χ1v) is 6.84. The Hall–Kier alpha value is -1.55. The van der Waals surface area contributed by atoms with Crippen LogP contribution < -0.4 is 10.1 Å². The van der Waals surface area contributed by atoms with Crippen molar-refractivity contribution in [2.75, 3.05) is 6.54 Å². The second-order valence-corrected chi connectivity index (χ2v) is 5.06. The number of hydrogen-bond acceptors (Lipinski definition) is 3. The van der Waals surface area contributed by atoms with Crippen LogP contribution in [0.2, 0.25) is 0 Å². The van der Waals surface area contributed by atoms with E-state index in [0.717, 1.165) is 12.8 Å². The summed E-state index contributed by atoms with van der Waals surface area (Å²) in [6.07, 6.45) is 2.05. The van der Waals surface area contributed by atoms with Crippen LogP contribution in [0.25, 0.3) is 0 Å². The predicted molar refractivity (Wildman–Crippen MR) is 72.9 cm³/mol. The van der Waals surface area contributed by atoms with E-state index >= 15 is 0 Å². The number of hydrogen-bond donors (Lipinski definition) is 2. The molecule has 0 heterocycles. The van der Waals surface area contributed by atoms with Crippen molar-refractivity contribution in [3.8, 4) is 5.75 Å². The van der Waals surface area contributed by atoms with Crippen LogP contribution in [0, 0.1) is 5.92 Å². The van der Waals surface area contributed by atoms with Crippen molar-refractivity contribution in [1.29, 1.82) is 0 Å². The molecule has 1 saturated carbocycles. The predicted octanol–water partition coefficient (Wildman–Crippen LogP) is 1.73. The molecule has 0 spiro atoms. The first-order chi connectivity index (χ1) is 9.16. The second kappa shape index (κ2) is 6.57. The largest absolute Gasteiger partial charge is 0.481 e. The van der Waals surface area contributed by atoms with Gasteiger partial charge < -0.3 is 15.2 Å². The first-order valence-electron chi connectivity index (χ1n) is 6.84. The van der Waals surface area contributed by atoms with Crippen molar-refractivity contribution in [1.82, 2.24) is 5.32 Å². The lowest BCUT2D eigenvalue weighted by atomic mass is 10.1. The van der Waals surface area contributed by atoms with E-state index in [9.17, 15) is 9.90 Å². The lowest BCUT2D eigenvalue weighted by Gasteiger charge is -2.15. The molecule has 1 aliphatic carbocycles. The van der Waals surface area contributed by atoms with Gasteiger partial charge in [-0.25, -0.2) is 0 Å². The molecular formula is C15H21NO3. The van der Waals surface area contributed by atoms with Gasteiger partial charge in [0.2, 0.25) is 0 Å². The lowest BCUT2D eigenvalue weighted by molar-refractivity contribution is -0.127. The van der Waals surface area contributed by atoms with Crippen molar-refractivity contribution >= 4 is 5.91 Å². The van der Waals surface area contributed by atoms with Crippen LogP contribution >= 0.6 is 0 Å². The molecule has 104 valence electrons. The second-order valence-electron chi connectivity index (χ2n) is 5.06. The Balaban J connectivity index is 1.67. The standard InChI is InChI=1S/C15H21NO3/c1-11(19-13-5-3-2-4-6-13)15(18)16-10-9-14(17)12-7-8-12/h2-6,11-12,14,17H,7-10H2,1H3,(H,16,18)/t11-,14+/m0/s1. The number of ether oxygens (including phenoxy) is 1. The van der Waals surface area contributed by atoms with Crippen LogP contribution in [0.1, 0.15) is 26.2 Å². The Labute approximate surface area is 113 Å². The maximum Gasteiger partial charge on any atom is 0.260 e. The number of amides is 1. The highest BCUT2D eigenvalue weighted by molar-refractivity contribution is 5.80. The minimum Gasteiger partial charge on any atom is -0.481 e. The zero-order valence-corrected chi connectivity index (χ0v) is 11.2. The first kappa shape index (κ1) is 13.9. The third-order valence-corrected chi connectivity index (χ3v) is 3.33. The molecule has 19 heavy (non-hydrogen) atoms. The molecular weight excluding hydrogens is 242 g/mol. The van der Waals surface area contributed by atoms with Gasteiger partial charge >= 0.3 is 0 Å². The summed E-state index contributed by atoms with van der Waals surface area (Å²) >= 11 is 0. The third kappa shape index (κ3) is 4.56. The fraction of sp³-hybridized carbons (Fsp3) is 0.533. The quantitative estimate of drug-likeness (QED) is 0.787. The summed E-state index contributed by atoms with van der Waals surface area (Å²) in [5, 5.41) is 12.5. The summed E-state index contributed by atoms with van der Waals surface area (Å²) in [5.41, 5.74) is 0. The van der Waals surface area contributed by atoms with Gasteiger partial charge in [0, 0.05) is 6.54 Å². The van der Waals surface area contributed by atoms with Crippen LogP contribution in [-0.2, 0) is 4.79 Å². The molecule has 1 aromatic rings. The fourth-order valence-electron chi connectivity index (χ4n) is 1.96. The number of para-hydroxylation sites is 1. The number of aliphatic hydroxyl groups excluding tert-OH is 1. The van der Waals surface area contributed by atoms with Gasteiger partial charge in [-0.05, 0) is 44.2 Å². The van der Waals surface area contributed by atoms with Crippen molar-refractivity contribution < 1.29 is 14.6 Å². The van der Waals surface area contributed by atoms with Crippen molar-refractivity contribution in [2.24, 2.45) is 5.92 Å². The van der Waals surface area contributed by atoms with Crippen LogP contribution in [0.5, 0.6) is 5.75 Å². The smallest absolute Gasteiger partial charge is 0.260 e. The molecule has 1 fully saturated rings. The van der Waals surface area contributed by atoms with Crippen molar-refractivity contribution in [2.45, 2.75) is 38.4 Å². The summed E-state index contributed by atoms with van der Waals surface area (Å²) in [6, 6.07) is 9.27. The Morgan fingerprint density at radius 1 is 1.42 bits per heavy atom. The highest BCUT2D eigenvalue weighted by Gasteiger charge is 2.29. The molecule has 0 bridgehead atoms. The maximum absolute atomic E-state index is 11.8. The van der Waals surface area contributed by atoms with E-state index in [0.29, 0.717) is 24.6 Å². The van der Waals surface area contributed by atoms with E-state index in [2.05, 4.69) is 5.32 Å². The molecule has 1 aromatic carbocycles. The van der Waals surface area contributed by atoms with E-state index in [1.807, 2.05) is 30.3 Å². The van der Waals surface area contributed by atoms with E-state index in [4.69, 9.17) is 4.74 Å². The molecule has 4 nitrogen and oxygen atoms in total. The highest BCUT2D eigenvalue weighted by Crippen LogP contribution is 2.33. The van der Waals surface area contributed by atoms with Crippen LogP contribution in [0.3, 0.4) is 0 Å². The van der Waals surface area contributed by atoms with Crippen LogP contribution in [-0.4, -0.2) is 29.8 Å². The summed E-state index contributed by atoms with van der Waals surface area (Å²) in [5.74, 6) is 0.991. The fourth-order valence-corrected chi connectivity index (χ4v) is 1.96. The Bertz CT molecular complexity index is 403. The topological polar surface area (TPSA) is 58.6 Å². The molecule has 0 aromatic heterocycles. The maximum atomic E-state index is 11.8. The van der Waals surface area contributed by atoms with E-state index < -0.39 is 6.10 Å². The van der Waals surface area contributed by atoms with E-state index in [1.165, 1.54) is 0 Å². The van der Waals surface area contributed by atoms with E-state index in [-0.39, 0.29) is 12.0 Å². The number of aliphatic hydroxyl groups is 1. The third-order valence-electron chi connectivity index (χ3n) is 3.33. The number of carbonyl (C=O) groups is 1. The Kier molecular flexibility index (Phi) is 4.80. The lowest BCUT2D eigenvalue weighted by Crippen LogP contribution is -2.37. The number of rotatable bonds is 7. The van der Waals surface area contributed by atoms with Crippen LogP contribution in [0.4, 0.5) is 0 Å². The SMILES string of the molecule is C[C@H](Oc1ccccc1)C(=O)NCC[C@@H](O)C1CC1. The van der Waals surface area contributed by atoms with Gasteiger partial charge in [0.15, 0.2) is 6.10 Å². The molecule has 0 aliphatic heterocycles. The average molecular weight is 263 g/mol. The molecule has 0 unspecified atom stereocenters. The van der Waals surface area contributed by atoms with Crippen LogP contribution in [0.15, 0.2) is 30.3 Å². The molecule has 4 heteroatoms. The minimum absolute atomic E-state index is 0.146. The normalized spacial score (nSPS) is 17.6. The molecule has 0 saturated heterocycles. The number of nitrogens with one attached hydrogen (secondary N) is 1. The summed E-state index contributed by atoms with van der Waals surface area (Å²) in [7, 11) is 0. The Morgan fingerprint density at radius 3 is 2.74 bits per heavy atom. The molecule has 2 atom stereocenters. The van der Waals surface area contributed by atoms with Crippen molar-refractivity contribution in [3.63, 3.8) is 0 Å². The van der Waals surface area contributed by atoms with Gasteiger partial charge in [-0.3, -0.25) is 4.79 Å². The number of benzene rings is 1. The van der Waals surface area contributed by atoms with Gasteiger partial charge in [-0.1, -0.05) is 18.2 Å².